The number of aliphatic carboxylic acids is 1. The van der Waals surface area contributed by atoms with Gasteiger partial charge < -0.3 is 15.7 Å². The standard InChI is InChI=1S/C20H22N2O4/c23-17(22-20(19(25)26)10-3-4-11-20)9-12-21-18(24)16-8-7-14-5-1-2-6-15(14)13-16/h1-2,5-8,13H,3-4,9-12H2,(H,21,24)(H,22,23)(H,25,26). The Morgan fingerprint density at radius 3 is 2.38 bits per heavy atom. The molecule has 0 bridgehead atoms. The maximum atomic E-state index is 12.2. The van der Waals surface area contributed by atoms with Crippen molar-refractivity contribution in [2.45, 2.75) is 37.6 Å². The van der Waals surface area contributed by atoms with Crippen LogP contribution in [0.5, 0.6) is 0 Å². The van der Waals surface area contributed by atoms with Gasteiger partial charge >= 0.3 is 5.97 Å². The second-order valence-corrected chi connectivity index (χ2v) is 6.71. The van der Waals surface area contributed by atoms with Gasteiger partial charge in [-0.1, -0.05) is 43.2 Å². The smallest absolute Gasteiger partial charge is 0.329 e. The Hall–Kier alpha value is -2.89. The topological polar surface area (TPSA) is 95.5 Å². The number of hydrogen-bond acceptors (Lipinski definition) is 3. The summed E-state index contributed by atoms with van der Waals surface area (Å²) in [7, 11) is 0. The van der Waals surface area contributed by atoms with Gasteiger partial charge in [-0.05, 0) is 35.7 Å². The van der Waals surface area contributed by atoms with Gasteiger partial charge in [0.05, 0.1) is 0 Å². The summed E-state index contributed by atoms with van der Waals surface area (Å²) in [6, 6.07) is 13.2. The molecule has 0 atom stereocenters. The zero-order chi connectivity index (χ0) is 18.6. The predicted molar refractivity (Wildman–Crippen MR) is 97.9 cm³/mol. The Balaban J connectivity index is 1.52. The number of amides is 2. The molecule has 26 heavy (non-hydrogen) atoms. The van der Waals surface area contributed by atoms with E-state index in [0.29, 0.717) is 18.4 Å². The van der Waals surface area contributed by atoms with Gasteiger partial charge in [-0.25, -0.2) is 4.79 Å². The molecule has 0 saturated heterocycles. The molecule has 1 fully saturated rings. The van der Waals surface area contributed by atoms with Gasteiger partial charge in [0.2, 0.25) is 5.91 Å². The molecule has 0 heterocycles. The summed E-state index contributed by atoms with van der Waals surface area (Å²) < 4.78 is 0. The summed E-state index contributed by atoms with van der Waals surface area (Å²) in [4.78, 5) is 35.8. The Morgan fingerprint density at radius 2 is 1.69 bits per heavy atom. The van der Waals surface area contributed by atoms with Gasteiger partial charge in [-0.2, -0.15) is 0 Å². The first-order chi connectivity index (χ1) is 12.5. The van der Waals surface area contributed by atoms with E-state index in [-0.39, 0.29) is 24.8 Å². The Bertz CT molecular complexity index is 841. The lowest BCUT2D eigenvalue weighted by Gasteiger charge is -2.25. The van der Waals surface area contributed by atoms with Crippen molar-refractivity contribution in [1.82, 2.24) is 10.6 Å². The van der Waals surface area contributed by atoms with Crippen molar-refractivity contribution < 1.29 is 19.5 Å². The van der Waals surface area contributed by atoms with Crippen molar-refractivity contribution >= 4 is 28.6 Å². The minimum atomic E-state index is -1.14. The van der Waals surface area contributed by atoms with Crippen LogP contribution in [-0.2, 0) is 9.59 Å². The van der Waals surface area contributed by atoms with Crippen LogP contribution >= 0.6 is 0 Å². The fraction of sp³-hybridized carbons (Fsp3) is 0.350. The monoisotopic (exact) mass is 354 g/mol. The Labute approximate surface area is 151 Å². The highest BCUT2D eigenvalue weighted by Crippen LogP contribution is 2.29. The maximum absolute atomic E-state index is 12.2. The number of carboxylic acid groups (broad SMARTS) is 1. The zero-order valence-electron chi connectivity index (χ0n) is 14.5. The SMILES string of the molecule is O=C(CCNC(=O)c1ccc2ccccc2c1)NC1(C(=O)O)CCCC1. The largest absolute Gasteiger partial charge is 0.480 e. The number of fused-ring (bicyclic) bond motifs is 1. The van der Waals surface area contributed by atoms with Crippen LogP contribution in [0.4, 0.5) is 0 Å². The van der Waals surface area contributed by atoms with E-state index in [1.54, 1.807) is 6.07 Å². The fourth-order valence-electron chi connectivity index (χ4n) is 3.42. The normalized spacial score (nSPS) is 15.5. The highest BCUT2D eigenvalue weighted by molar-refractivity contribution is 5.98. The van der Waals surface area contributed by atoms with Crippen LogP contribution in [0.2, 0.25) is 0 Å². The van der Waals surface area contributed by atoms with Gasteiger partial charge in [0.25, 0.3) is 5.91 Å². The Kier molecular flexibility index (Phi) is 5.21. The average molecular weight is 354 g/mol. The number of nitrogens with one attached hydrogen (secondary N) is 2. The first-order valence-corrected chi connectivity index (χ1v) is 8.82. The second kappa shape index (κ2) is 7.56. The fourth-order valence-corrected chi connectivity index (χ4v) is 3.42. The third-order valence-corrected chi connectivity index (χ3v) is 4.89. The van der Waals surface area contributed by atoms with E-state index in [2.05, 4.69) is 10.6 Å². The minimum absolute atomic E-state index is 0.0500. The molecule has 6 heteroatoms. The van der Waals surface area contributed by atoms with Crippen LogP contribution in [0, 0.1) is 0 Å². The van der Waals surface area contributed by atoms with E-state index in [4.69, 9.17) is 0 Å². The lowest BCUT2D eigenvalue weighted by atomic mass is 9.97. The van der Waals surface area contributed by atoms with E-state index >= 15 is 0 Å². The van der Waals surface area contributed by atoms with E-state index < -0.39 is 11.5 Å². The van der Waals surface area contributed by atoms with Gasteiger partial charge in [0, 0.05) is 18.5 Å². The lowest BCUT2D eigenvalue weighted by Crippen LogP contribution is -2.52. The predicted octanol–water partition coefficient (Wildman–Crippen LogP) is 2.47. The van der Waals surface area contributed by atoms with Crippen molar-refractivity contribution in [3.63, 3.8) is 0 Å². The molecule has 0 unspecified atom stereocenters. The summed E-state index contributed by atoms with van der Waals surface area (Å²) >= 11 is 0. The maximum Gasteiger partial charge on any atom is 0.329 e. The number of carbonyl (C=O) groups excluding carboxylic acids is 2. The van der Waals surface area contributed by atoms with Crippen molar-refractivity contribution in [3.05, 3.63) is 48.0 Å². The molecule has 0 radical (unpaired) electrons. The molecule has 6 nitrogen and oxygen atoms in total. The van der Waals surface area contributed by atoms with Crippen molar-refractivity contribution in [2.75, 3.05) is 6.54 Å². The first-order valence-electron chi connectivity index (χ1n) is 8.82. The van der Waals surface area contributed by atoms with Crippen LogP contribution in [-0.4, -0.2) is 35.0 Å². The molecular weight excluding hydrogens is 332 g/mol. The number of carbonyl (C=O) groups is 3. The van der Waals surface area contributed by atoms with E-state index in [0.717, 1.165) is 23.6 Å². The van der Waals surface area contributed by atoms with Crippen LogP contribution in [0.25, 0.3) is 10.8 Å². The third-order valence-electron chi connectivity index (χ3n) is 4.89. The third kappa shape index (κ3) is 3.85. The lowest BCUT2D eigenvalue weighted by molar-refractivity contribution is -0.147. The molecule has 0 aliphatic heterocycles. The molecule has 2 aromatic rings. The first kappa shape index (κ1) is 17.9. The molecule has 3 rings (SSSR count). The average Bonchev–Trinajstić information content (AvgIpc) is 3.11. The molecule has 1 saturated carbocycles. The molecule has 3 N–H and O–H groups in total. The second-order valence-electron chi connectivity index (χ2n) is 6.71. The van der Waals surface area contributed by atoms with E-state index in [1.807, 2.05) is 36.4 Å². The molecule has 136 valence electrons. The van der Waals surface area contributed by atoms with Gasteiger partial charge in [-0.15, -0.1) is 0 Å². The van der Waals surface area contributed by atoms with Gasteiger partial charge in [0.15, 0.2) is 0 Å². The summed E-state index contributed by atoms with van der Waals surface area (Å²) in [6.07, 6.45) is 2.56. The van der Waals surface area contributed by atoms with E-state index in [9.17, 15) is 19.5 Å². The molecule has 2 aromatic carbocycles. The summed E-state index contributed by atoms with van der Waals surface area (Å²) in [5, 5.41) is 16.8. The Morgan fingerprint density at radius 1 is 1.00 bits per heavy atom. The summed E-state index contributed by atoms with van der Waals surface area (Å²) in [6.45, 7) is 0.160. The summed E-state index contributed by atoms with van der Waals surface area (Å²) in [5.74, 6) is -1.59. The molecule has 2 amide bonds. The number of carboxylic acids is 1. The van der Waals surface area contributed by atoms with Crippen molar-refractivity contribution in [3.8, 4) is 0 Å². The van der Waals surface area contributed by atoms with Crippen LogP contribution in [0.1, 0.15) is 42.5 Å². The van der Waals surface area contributed by atoms with Crippen LogP contribution in [0.3, 0.4) is 0 Å². The highest BCUT2D eigenvalue weighted by atomic mass is 16.4. The van der Waals surface area contributed by atoms with Gasteiger partial charge in [-0.3, -0.25) is 9.59 Å². The molecule has 0 aromatic heterocycles. The zero-order valence-corrected chi connectivity index (χ0v) is 14.5. The molecule has 1 aliphatic rings. The van der Waals surface area contributed by atoms with Crippen LogP contribution in [0.15, 0.2) is 42.5 Å². The number of benzene rings is 2. The number of rotatable bonds is 6. The molecule has 1 aliphatic carbocycles. The minimum Gasteiger partial charge on any atom is -0.480 e. The summed E-state index contributed by atoms with van der Waals surface area (Å²) in [5.41, 5.74) is -0.610. The van der Waals surface area contributed by atoms with E-state index in [1.165, 1.54) is 0 Å². The van der Waals surface area contributed by atoms with Gasteiger partial charge in [0.1, 0.15) is 5.54 Å². The molecule has 0 spiro atoms. The van der Waals surface area contributed by atoms with Crippen molar-refractivity contribution in [1.29, 1.82) is 0 Å². The highest BCUT2D eigenvalue weighted by Gasteiger charge is 2.42. The van der Waals surface area contributed by atoms with Crippen LogP contribution < -0.4 is 10.6 Å². The number of hydrogen-bond donors (Lipinski definition) is 3. The van der Waals surface area contributed by atoms with Crippen molar-refractivity contribution in [2.24, 2.45) is 0 Å². The molecular formula is C20H22N2O4. The quantitative estimate of drug-likeness (QED) is 0.743.